The molecule has 9 unspecified atom stereocenters. The highest BCUT2D eigenvalue weighted by Gasteiger charge is 2.34. The zero-order valence-corrected chi connectivity index (χ0v) is 43.2. The third-order valence-corrected chi connectivity index (χ3v) is 11.9. The van der Waals surface area contributed by atoms with Gasteiger partial charge < -0.3 is 74.3 Å². The number of hydrogen-bond acceptors (Lipinski definition) is 13. The molecule has 1 aromatic rings. The van der Waals surface area contributed by atoms with Gasteiger partial charge in [0, 0.05) is 39.6 Å². The summed E-state index contributed by atoms with van der Waals surface area (Å²) in [6, 6.07) is 1.08. The van der Waals surface area contributed by atoms with E-state index in [1.54, 1.807) is 19.3 Å². The Kier molecular flexibility index (Phi) is 26.6. The van der Waals surface area contributed by atoms with Crippen LogP contribution in [0.15, 0.2) is 76.4 Å². The summed E-state index contributed by atoms with van der Waals surface area (Å²) in [6.45, 7) is 10.2. The molecule has 0 saturated carbocycles. The van der Waals surface area contributed by atoms with Crippen LogP contribution in [0.25, 0.3) is 0 Å². The monoisotopic (exact) mass is 1040 g/mol. The Hall–Kier alpha value is -7.83. The van der Waals surface area contributed by atoms with Crippen LogP contribution in [-0.2, 0) is 59.0 Å². The van der Waals surface area contributed by atoms with Crippen LogP contribution in [0.2, 0.25) is 0 Å². The first kappa shape index (κ1) is 62.3. The fourth-order valence-electron chi connectivity index (χ4n) is 7.46. The summed E-state index contributed by atoms with van der Waals surface area (Å²) in [7, 11) is 3.93. The molecule has 7 amide bonds. The third-order valence-electron chi connectivity index (χ3n) is 11.9. The van der Waals surface area contributed by atoms with Crippen molar-refractivity contribution in [1.29, 1.82) is 0 Å². The van der Waals surface area contributed by atoms with E-state index in [2.05, 4.69) is 48.5 Å². The normalized spacial score (nSPS) is 23.5. The summed E-state index contributed by atoms with van der Waals surface area (Å²) in [5.41, 5.74) is 23.2. The highest BCUT2D eigenvalue weighted by Crippen LogP contribution is 2.19. The lowest BCUT2D eigenvalue weighted by atomic mass is 9.94. The van der Waals surface area contributed by atoms with E-state index in [1.807, 2.05) is 50.3 Å². The van der Waals surface area contributed by atoms with Crippen molar-refractivity contribution in [3.05, 3.63) is 72.0 Å². The summed E-state index contributed by atoms with van der Waals surface area (Å²) < 4.78 is 10.8. The summed E-state index contributed by atoms with van der Waals surface area (Å²) in [6.07, 6.45) is 3.91. The molecule has 15 N–H and O–H groups in total. The number of carbonyl (C=O) groups is 9. The minimum Gasteiger partial charge on any atom is -0.480 e. The van der Waals surface area contributed by atoms with E-state index >= 15 is 0 Å². The number of benzene rings is 1. The van der Waals surface area contributed by atoms with Gasteiger partial charge in [-0.2, -0.15) is 0 Å². The van der Waals surface area contributed by atoms with Gasteiger partial charge in [-0.05, 0) is 57.9 Å². The molecule has 408 valence electrons. The number of rotatable bonds is 17. The number of ether oxygens (including phenoxy) is 2. The molecule has 25 nitrogen and oxygen atoms in total. The number of likely N-dealkylation sites (N-methyl/N-ethyl adjacent to an activating group) is 1. The number of aliphatic imine (C=N–C) groups is 2. The summed E-state index contributed by atoms with van der Waals surface area (Å²) in [4.78, 5) is 130. The molecule has 2 rings (SSSR count). The molecule has 1 fully saturated rings. The van der Waals surface area contributed by atoms with Crippen LogP contribution >= 0.6 is 0 Å². The molecule has 1 aliphatic rings. The van der Waals surface area contributed by atoms with Crippen LogP contribution in [0.5, 0.6) is 0 Å². The van der Waals surface area contributed by atoms with Crippen LogP contribution in [0, 0.1) is 11.8 Å². The molecule has 1 saturated heterocycles. The molecule has 0 aromatic heterocycles. The Labute approximate surface area is 431 Å². The standard InChI is InChI=1S/C49H75N13O12/c1-27(24-28(2)38(73-7)25-32-14-10-9-11-15-32)18-19-33-29(3)41(65)60-36(47(72)74-8)20-21-40(64)62(6)31(5)43(67)56-30(4)42(66)59-35(17-13-23-55-49(52)53)45(69)61-37(46(70)71)26-39(63)57-34(44(68)58-33)16-12-22-54-48(50)51/h9-11,14-15,18-19,24,28-30,33-38H,5,12-13,16-17,20-23,25-26H2,1-4,6-8H3,(H,56,67)(H,57,63)(H,58,68)(H,59,66)(H,60,65)(H,61,69)(H,70,71)(H4,50,51,54)(H4,52,53,55). The topological polar surface area (TPSA) is 397 Å². The molecule has 0 radical (unpaired) electrons. The van der Waals surface area contributed by atoms with Crippen molar-refractivity contribution in [2.24, 2.45) is 44.8 Å². The Bertz CT molecular complexity index is 2260. The number of guanidine groups is 2. The Balaban J connectivity index is 2.72. The van der Waals surface area contributed by atoms with E-state index in [9.17, 15) is 48.3 Å². The number of carbonyl (C=O) groups excluding carboxylic acids is 8. The van der Waals surface area contributed by atoms with Crippen LogP contribution in [0.1, 0.15) is 78.2 Å². The highest BCUT2D eigenvalue weighted by molar-refractivity contribution is 6.00. The predicted molar refractivity (Wildman–Crippen MR) is 275 cm³/mol. The molecule has 74 heavy (non-hydrogen) atoms. The second kappa shape index (κ2) is 31.6. The SMILES string of the molecule is C=C1C(=O)NC(C)C(=O)NC(CCCN=C(N)N)C(=O)NC(C(=O)O)CC(=O)NC(CCCN=C(N)N)C(=O)NC(C=CC(C)=CC(C)C(Cc2ccccc2)OC)C(C)C(=O)NC(C(=O)OC)CCC(=O)N1C. The number of aliphatic carboxylic acids is 1. The number of esters is 1. The lowest BCUT2D eigenvalue weighted by Gasteiger charge is -2.27. The van der Waals surface area contributed by atoms with Crippen molar-refractivity contribution in [1.82, 2.24) is 36.8 Å². The first-order chi connectivity index (χ1) is 34.9. The largest absolute Gasteiger partial charge is 0.480 e. The van der Waals surface area contributed by atoms with Gasteiger partial charge in [0.05, 0.1) is 31.6 Å². The maximum absolute atomic E-state index is 14.4. The van der Waals surface area contributed by atoms with Crippen molar-refractivity contribution in [3.8, 4) is 0 Å². The van der Waals surface area contributed by atoms with Gasteiger partial charge in [-0.1, -0.05) is 74.6 Å². The Morgan fingerprint density at radius 3 is 1.95 bits per heavy atom. The van der Waals surface area contributed by atoms with E-state index in [-0.39, 0.29) is 69.1 Å². The van der Waals surface area contributed by atoms with Crippen molar-refractivity contribution >= 4 is 65.2 Å². The lowest BCUT2D eigenvalue weighted by Crippen LogP contribution is -2.56. The zero-order valence-electron chi connectivity index (χ0n) is 43.2. The van der Waals surface area contributed by atoms with Gasteiger partial charge in [-0.15, -0.1) is 0 Å². The first-order valence-electron chi connectivity index (χ1n) is 24.0. The van der Waals surface area contributed by atoms with Crippen molar-refractivity contribution in [2.45, 2.75) is 121 Å². The van der Waals surface area contributed by atoms with E-state index < -0.39 is 114 Å². The lowest BCUT2D eigenvalue weighted by molar-refractivity contribution is -0.146. The van der Waals surface area contributed by atoms with Gasteiger partial charge in [0.1, 0.15) is 35.9 Å². The molecule has 1 aliphatic heterocycles. The van der Waals surface area contributed by atoms with Gasteiger partial charge in [0.15, 0.2) is 11.9 Å². The molecular formula is C49H75N13O12. The van der Waals surface area contributed by atoms with Gasteiger partial charge in [0.2, 0.25) is 35.4 Å². The smallest absolute Gasteiger partial charge is 0.328 e. The number of hydrogen-bond donors (Lipinski definition) is 11. The van der Waals surface area contributed by atoms with Gasteiger partial charge >= 0.3 is 11.9 Å². The molecule has 0 spiro atoms. The number of nitrogens with one attached hydrogen (secondary N) is 6. The molecule has 1 heterocycles. The average Bonchev–Trinajstić information content (AvgIpc) is 3.35. The Morgan fingerprint density at radius 1 is 0.824 bits per heavy atom. The summed E-state index contributed by atoms with van der Waals surface area (Å²) >= 11 is 0. The highest BCUT2D eigenvalue weighted by atomic mass is 16.5. The maximum atomic E-state index is 14.4. The molecule has 0 bridgehead atoms. The molecular weight excluding hydrogens is 963 g/mol. The van der Waals surface area contributed by atoms with Gasteiger partial charge in [-0.3, -0.25) is 43.5 Å². The average molecular weight is 1040 g/mol. The van der Waals surface area contributed by atoms with Crippen molar-refractivity contribution in [2.75, 3.05) is 34.4 Å². The van der Waals surface area contributed by atoms with E-state index in [0.717, 1.165) is 17.6 Å². The van der Waals surface area contributed by atoms with Crippen molar-refractivity contribution < 1.29 is 57.7 Å². The zero-order chi connectivity index (χ0) is 55.7. The number of amides is 7. The number of methoxy groups -OCH3 is 2. The number of nitrogens with two attached hydrogens (primary N) is 4. The van der Waals surface area contributed by atoms with E-state index in [0.29, 0.717) is 12.0 Å². The molecule has 25 heteroatoms. The predicted octanol–water partition coefficient (Wildman–Crippen LogP) is -1.53. The van der Waals surface area contributed by atoms with Crippen LogP contribution in [0.4, 0.5) is 0 Å². The first-order valence-corrected chi connectivity index (χ1v) is 24.0. The van der Waals surface area contributed by atoms with Gasteiger partial charge in [0.25, 0.3) is 5.91 Å². The summed E-state index contributed by atoms with van der Waals surface area (Å²) in [5.74, 6) is -10.5. The number of allylic oxidation sites excluding steroid dienone is 2. The number of carboxylic acids is 1. The molecule has 1 aromatic carbocycles. The molecule has 9 atom stereocenters. The van der Waals surface area contributed by atoms with E-state index in [1.165, 1.54) is 20.9 Å². The maximum Gasteiger partial charge on any atom is 0.328 e. The third kappa shape index (κ3) is 21.9. The van der Waals surface area contributed by atoms with Crippen LogP contribution in [-0.4, -0.2) is 152 Å². The van der Waals surface area contributed by atoms with Crippen LogP contribution < -0.4 is 54.8 Å². The second-order valence-corrected chi connectivity index (χ2v) is 17.8. The van der Waals surface area contributed by atoms with Crippen molar-refractivity contribution in [3.63, 3.8) is 0 Å². The van der Waals surface area contributed by atoms with E-state index in [4.69, 9.17) is 32.4 Å². The fraction of sp³-hybridized carbons (Fsp3) is 0.531. The quantitative estimate of drug-likeness (QED) is 0.0211. The fourth-order valence-corrected chi connectivity index (χ4v) is 7.46. The second-order valence-electron chi connectivity index (χ2n) is 17.8. The summed E-state index contributed by atoms with van der Waals surface area (Å²) in [5, 5.41) is 25.2. The Morgan fingerprint density at radius 2 is 1.39 bits per heavy atom. The van der Waals surface area contributed by atoms with Gasteiger partial charge in [-0.25, -0.2) is 9.59 Å². The molecule has 0 aliphatic carbocycles. The number of carboxylic acid groups (broad SMARTS) is 1. The number of nitrogens with zero attached hydrogens (tertiary/aromatic N) is 3. The minimum absolute atomic E-state index is 0.00536. The minimum atomic E-state index is -1.90. The van der Waals surface area contributed by atoms with Crippen LogP contribution in [0.3, 0.4) is 0 Å².